The molecule has 130 heavy (non-hydrogen) atoms. The Kier molecular flexibility index (Phi) is 28.9. The van der Waals surface area contributed by atoms with Gasteiger partial charge in [-0.25, -0.2) is 38.7 Å². The number of methoxy groups -OCH3 is 2. The number of anilines is 3. The maximum Gasteiger partial charge on any atom is 0.530 e. The van der Waals surface area contributed by atoms with Gasteiger partial charge in [0.2, 0.25) is 23.7 Å². The van der Waals surface area contributed by atoms with Gasteiger partial charge in [-0.3, -0.25) is 77.1 Å². The van der Waals surface area contributed by atoms with Crippen LogP contribution < -0.4 is 45.6 Å². The molecule has 12 aromatic rings. The summed E-state index contributed by atoms with van der Waals surface area (Å²) in [7, 11) is -9.81. The molecule has 3 fully saturated rings. The summed E-state index contributed by atoms with van der Waals surface area (Å²) in [6.45, 7) is 13.3. The third-order valence-electron chi connectivity index (χ3n) is 22.1. The van der Waals surface area contributed by atoms with Crippen molar-refractivity contribution in [1.29, 1.82) is 5.26 Å². The van der Waals surface area contributed by atoms with Crippen LogP contribution in [0.15, 0.2) is 187 Å². The van der Waals surface area contributed by atoms with E-state index in [2.05, 4.69) is 51.9 Å². The SMILES string of the molecule is COc1ccc(C(OC[C@@H]2O[C@@H](n3cnc4c(NC(=O)c5ccccc5)ncnc43)C[C@H]2C(c2ccc(OP(=O)(O)O)c(Cl)c2)[C@H]2O[C@@H](n3cnc4c(=O)[nH]c(NC(=O)C(C)C)nc43)C[C@@H]2OP(=O)(OC[C@H]2O[C@@H](n3cnc4c(=O)[nH]c(NC(=O)C(C)C)nc43)C[C@@H]2OP(OCCC#N)N(C(C)C)C(C)C)Oc2ccccc2Cl)(c2ccccc2)c2ccc(OC)cc2)cc1. The van der Waals surface area contributed by atoms with Crippen molar-refractivity contribution in [3.05, 3.63) is 236 Å². The fourth-order valence-electron chi connectivity index (χ4n) is 16.0. The summed E-state index contributed by atoms with van der Waals surface area (Å²) < 4.78 is 118. The van der Waals surface area contributed by atoms with Crippen LogP contribution in [0, 0.1) is 29.1 Å². The highest BCUT2D eigenvalue weighted by Crippen LogP contribution is 2.60. The quantitative estimate of drug-likeness (QED) is 0.0108. The first-order valence-electron chi connectivity index (χ1n) is 41.6. The molecular formula is C87H94Cl2N17O21P3. The van der Waals surface area contributed by atoms with Crippen molar-refractivity contribution in [2.45, 2.75) is 154 Å². The number of fused-ring (bicyclic) bond motifs is 3. The van der Waals surface area contributed by atoms with E-state index in [1.165, 1.54) is 64.8 Å². The normalized spacial score (nSPS) is 19.9. The minimum absolute atomic E-state index is 0.00451. The lowest BCUT2D eigenvalue weighted by Crippen LogP contribution is -2.41. The number of hydrogen-bond acceptors (Lipinski definition) is 28. The number of para-hydroxylation sites is 1. The van der Waals surface area contributed by atoms with Gasteiger partial charge >= 0.3 is 15.6 Å². The second-order valence-corrected chi connectivity index (χ2v) is 37.0. The highest BCUT2D eigenvalue weighted by atomic mass is 35.5. The van der Waals surface area contributed by atoms with Gasteiger partial charge < -0.3 is 51.8 Å². The number of phosphoric ester groups is 2. The van der Waals surface area contributed by atoms with Gasteiger partial charge in [-0.1, -0.05) is 142 Å². The number of phosphoric acid groups is 2. The van der Waals surface area contributed by atoms with Crippen molar-refractivity contribution >= 4 is 116 Å². The number of imidazole rings is 3. The summed E-state index contributed by atoms with van der Waals surface area (Å²) >= 11 is 14.3. The number of H-pyrrole nitrogens is 2. The maximum atomic E-state index is 17.3. The van der Waals surface area contributed by atoms with E-state index in [1.54, 1.807) is 113 Å². The molecule has 9 heterocycles. The summed E-state index contributed by atoms with van der Waals surface area (Å²) in [6.07, 6.45) is -5.61. The van der Waals surface area contributed by atoms with Crippen LogP contribution in [0.2, 0.25) is 10.0 Å². The van der Waals surface area contributed by atoms with Crippen LogP contribution in [0.4, 0.5) is 17.7 Å². The molecule has 0 bridgehead atoms. The summed E-state index contributed by atoms with van der Waals surface area (Å²) in [6, 6.07) is 44.6. The van der Waals surface area contributed by atoms with Crippen LogP contribution in [0.1, 0.15) is 138 Å². The second-order valence-electron chi connectivity index (χ2n) is 32.0. The van der Waals surface area contributed by atoms with E-state index >= 15 is 4.57 Å². The van der Waals surface area contributed by atoms with E-state index in [0.29, 0.717) is 33.8 Å². The Labute approximate surface area is 755 Å². The molecule has 3 aliphatic rings. The average Bonchev–Trinajstić information content (AvgIpc) is 1.51. The Morgan fingerprint density at radius 3 is 1.71 bits per heavy atom. The number of aromatic amines is 2. The Morgan fingerprint density at radius 1 is 0.615 bits per heavy atom. The van der Waals surface area contributed by atoms with Crippen LogP contribution in [0.25, 0.3) is 33.5 Å². The van der Waals surface area contributed by atoms with Gasteiger partial charge in [-0.15, -0.1) is 0 Å². The number of ether oxygens (including phenoxy) is 6. The Hall–Kier alpha value is -11.3. The second kappa shape index (κ2) is 40.2. The lowest BCUT2D eigenvalue weighted by atomic mass is 9.76. The average molecular weight is 1880 g/mol. The maximum absolute atomic E-state index is 17.3. The fourth-order valence-corrected chi connectivity index (χ4v) is 20.1. The zero-order valence-electron chi connectivity index (χ0n) is 71.9. The van der Waals surface area contributed by atoms with Gasteiger partial charge in [-0.05, 0) is 117 Å². The molecule has 0 radical (unpaired) electrons. The Morgan fingerprint density at radius 2 is 1.15 bits per heavy atom. The molecule has 3 saturated heterocycles. The van der Waals surface area contributed by atoms with E-state index in [0.717, 1.165) is 0 Å². The molecule has 3 unspecified atom stereocenters. The van der Waals surface area contributed by atoms with Gasteiger partial charge in [0.05, 0.1) is 93.9 Å². The molecule has 6 aromatic carbocycles. The first-order valence-corrected chi connectivity index (χ1v) is 46.5. The molecule has 682 valence electrons. The number of carbonyl (C=O) groups excluding carboxylic acids is 3. The van der Waals surface area contributed by atoms with E-state index < -0.39 is 144 Å². The topological polar surface area (TPSA) is 470 Å². The highest BCUT2D eigenvalue weighted by molar-refractivity contribution is 7.49. The Bertz CT molecular complexity index is 6290. The predicted octanol–water partition coefficient (Wildman–Crippen LogP) is 14.9. The monoisotopic (exact) mass is 1880 g/mol. The fraction of sp³-hybridized carbons (Fsp3) is 0.368. The third-order valence-corrected chi connectivity index (χ3v) is 26.8. The number of rotatable bonds is 37. The van der Waals surface area contributed by atoms with Crippen molar-refractivity contribution in [1.82, 2.24) is 63.2 Å². The van der Waals surface area contributed by atoms with Crippen LogP contribution in [0.3, 0.4) is 0 Å². The van der Waals surface area contributed by atoms with E-state index in [4.69, 9.17) is 93.7 Å². The first-order chi connectivity index (χ1) is 62.4. The summed E-state index contributed by atoms with van der Waals surface area (Å²) in [4.78, 5) is 127. The van der Waals surface area contributed by atoms with Crippen molar-refractivity contribution in [2.24, 2.45) is 17.8 Å². The highest BCUT2D eigenvalue weighted by Gasteiger charge is 2.55. The van der Waals surface area contributed by atoms with E-state index in [1.807, 2.05) is 87.0 Å². The van der Waals surface area contributed by atoms with Crippen molar-refractivity contribution in [2.75, 3.05) is 50.0 Å². The van der Waals surface area contributed by atoms with Crippen LogP contribution in [0.5, 0.6) is 23.0 Å². The predicted molar refractivity (Wildman–Crippen MR) is 478 cm³/mol. The standard InChI is InChI=1S/C87H94Cl2N17O21P3/c1-48(2)80(107)99-85-97-78-73(83(110)101-85)94-46-104(78)69-40-64(124-128(119-37-19-36-90)106(50(5)6)51(7)8)67(122-69)43-120-130(115,126-62-25-18-17-24-60(62)88)127-65-41-70(105-47-95-74-79(105)98-86(102-84(74)111)100-81(108)49(3)4)123-75(65)71(53-26-35-63(61(89)38-53)125-129(112,113)114)59-39-68(103-45-93-72-76(91-44-92-77(72)103)96-82(109)52-20-13-11-14-21-52)121-66(59)42-118-87(54-22-15-12-16-23-54,55-27-31-57(116-9)32-28-55)56-29-33-58(117-10)34-30-56/h11-18,20-35,38,44-51,59,64-71,75H,19,37,39-43H2,1-10H3,(H2,112,113,114)(H,91,92,96,109)(H2,97,99,101,107,110)(H2,98,100,102,108,111)/t59-,64+,65+,66+,67-,68-,69-,70-,71?,75+,128?,130?/m1/s1. The summed E-state index contributed by atoms with van der Waals surface area (Å²) in [5, 5.41) is 17.7. The molecule has 0 saturated carbocycles. The molecule has 0 spiro atoms. The van der Waals surface area contributed by atoms with Crippen molar-refractivity contribution in [3.63, 3.8) is 0 Å². The molecule has 12 atom stereocenters. The number of halogens is 2. The molecule has 0 aliphatic carbocycles. The lowest BCUT2D eigenvalue weighted by molar-refractivity contribution is -0.119. The number of nitrogens with one attached hydrogen (secondary N) is 5. The third kappa shape index (κ3) is 20.6. The summed E-state index contributed by atoms with van der Waals surface area (Å²) in [5.74, 6) is -4.81. The van der Waals surface area contributed by atoms with Gasteiger partial charge in [0.15, 0.2) is 39.3 Å². The number of aromatic nitrogens is 12. The Balaban J connectivity index is 0.912. The molecule has 6 aromatic heterocycles. The lowest BCUT2D eigenvalue weighted by Gasteiger charge is -2.39. The molecule has 3 aliphatic heterocycles. The zero-order chi connectivity index (χ0) is 92.0. The molecule has 3 amide bonds. The van der Waals surface area contributed by atoms with Gasteiger partial charge in [0.1, 0.15) is 65.8 Å². The number of benzene rings is 6. The van der Waals surface area contributed by atoms with E-state index in [-0.39, 0.29) is 124 Å². The van der Waals surface area contributed by atoms with Gasteiger partial charge in [-0.2, -0.15) is 15.2 Å². The zero-order valence-corrected chi connectivity index (χ0v) is 76.1. The first kappa shape index (κ1) is 93.4. The van der Waals surface area contributed by atoms with Crippen LogP contribution in [-0.4, -0.2) is 167 Å². The molecular weight excluding hydrogens is 1780 g/mol. The van der Waals surface area contributed by atoms with Crippen molar-refractivity contribution < 1.29 is 88.9 Å². The summed E-state index contributed by atoms with van der Waals surface area (Å²) in [5.41, 5.74) is -0.599. The van der Waals surface area contributed by atoms with Crippen molar-refractivity contribution in [3.8, 4) is 29.1 Å². The number of amides is 3. The largest absolute Gasteiger partial charge is 0.530 e. The van der Waals surface area contributed by atoms with Gasteiger partial charge in [0, 0.05) is 54.2 Å². The van der Waals surface area contributed by atoms with E-state index in [9.17, 15) is 43.6 Å². The molecule has 15 rings (SSSR count). The number of nitrogens with zero attached hydrogens (tertiary/aromatic N) is 12. The molecule has 43 heteroatoms. The minimum Gasteiger partial charge on any atom is -0.497 e. The number of hydrogen-bond donors (Lipinski definition) is 7. The van der Waals surface area contributed by atoms with Crippen LogP contribution >= 0.6 is 47.4 Å². The smallest absolute Gasteiger partial charge is 0.497 e. The van der Waals surface area contributed by atoms with Gasteiger partial charge in [0.25, 0.3) is 25.6 Å². The molecule has 7 N–H and O–H groups in total. The van der Waals surface area contributed by atoms with Crippen LogP contribution in [-0.2, 0) is 61.4 Å². The molecule has 38 nitrogen and oxygen atoms in total. The number of nitriles is 1. The minimum atomic E-state index is -5.46. The number of carbonyl (C=O) groups is 3.